The summed E-state index contributed by atoms with van der Waals surface area (Å²) < 4.78 is 26.4. The molecule has 0 amide bonds. The molecule has 4 rings (SSSR count). The topological polar surface area (TPSA) is 58.4 Å². The van der Waals surface area contributed by atoms with Crippen molar-refractivity contribution in [2.75, 3.05) is 31.6 Å². The molecule has 26 heavy (non-hydrogen) atoms. The van der Waals surface area contributed by atoms with Crippen LogP contribution in [0.3, 0.4) is 0 Å². The van der Waals surface area contributed by atoms with Crippen LogP contribution in [0.2, 0.25) is 0 Å². The summed E-state index contributed by atoms with van der Waals surface area (Å²) in [4.78, 5) is 4.57. The number of aromatic nitrogens is 2. The zero-order valence-electron chi connectivity index (χ0n) is 15.6. The predicted molar refractivity (Wildman–Crippen MR) is 102 cm³/mol. The van der Waals surface area contributed by atoms with E-state index in [4.69, 9.17) is 0 Å². The Labute approximate surface area is 155 Å². The SMILES string of the molecule is Cc1cc(C)c(-n2cccn2)c(CN2CCN(C)[C@@H]3CS(=O)(=O)C[C@@H]32)c1. The van der Waals surface area contributed by atoms with Crippen molar-refractivity contribution in [3.63, 3.8) is 0 Å². The van der Waals surface area contributed by atoms with Crippen molar-refractivity contribution in [3.05, 3.63) is 47.3 Å². The fourth-order valence-corrected chi connectivity index (χ4v) is 6.60. The number of nitrogens with zero attached hydrogens (tertiary/aromatic N) is 4. The standard InChI is InChI=1S/C19H26N4O2S/c1-14-9-15(2)19(23-6-4-5-20-23)16(10-14)11-22-8-7-21(3)17-12-26(24,25)13-18(17)22/h4-6,9-10,17-18H,7-8,11-13H2,1-3H3/t17-,18+/m1/s1. The molecule has 0 spiro atoms. The van der Waals surface area contributed by atoms with Gasteiger partial charge < -0.3 is 0 Å². The third-order valence-electron chi connectivity index (χ3n) is 5.70. The quantitative estimate of drug-likeness (QED) is 0.813. The number of sulfone groups is 1. The normalized spacial score (nSPS) is 26.1. The van der Waals surface area contributed by atoms with Crippen LogP contribution < -0.4 is 0 Å². The van der Waals surface area contributed by atoms with E-state index in [9.17, 15) is 8.42 Å². The molecule has 0 N–H and O–H groups in total. The van der Waals surface area contributed by atoms with Crippen molar-refractivity contribution in [2.24, 2.45) is 0 Å². The summed E-state index contributed by atoms with van der Waals surface area (Å²) in [5.41, 5.74) is 4.72. The number of benzene rings is 1. The third kappa shape index (κ3) is 3.19. The zero-order valence-corrected chi connectivity index (χ0v) is 16.4. The van der Waals surface area contributed by atoms with Crippen LogP contribution >= 0.6 is 0 Å². The highest BCUT2D eigenvalue weighted by Crippen LogP contribution is 2.29. The van der Waals surface area contributed by atoms with Crippen LogP contribution in [-0.2, 0) is 16.4 Å². The average Bonchev–Trinajstić information content (AvgIpc) is 3.17. The maximum Gasteiger partial charge on any atom is 0.153 e. The monoisotopic (exact) mass is 374 g/mol. The van der Waals surface area contributed by atoms with Gasteiger partial charge in [0.25, 0.3) is 0 Å². The Morgan fingerprint density at radius 1 is 1.15 bits per heavy atom. The molecule has 2 aromatic rings. The van der Waals surface area contributed by atoms with Gasteiger partial charge in [-0.15, -0.1) is 0 Å². The highest BCUT2D eigenvalue weighted by molar-refractivity contribution is 7.91. The van der Waals surface area contributed by atoms with Gasteiger partial charge in [0.2, 0.25) is 0 Å². The molecule has 1 aromatic heterocycles. The van der Waals surface area contributed by atoms with Crippen LogP contribution in [0.5, 0.6) is 0 Å². The van der Waals surface area contributed by atoms with Crippen molar-refractivity contribution in [3.8, 4) is 5.69 Å². The molecule has 0 saturated carbocycles. The van der Waals surface area contributed by atoms with Gasteiger partial charge in [-0.1, -0.05) is 17.7 Å². The first kappa shape index (κ1) is 17.7. The zero-order chi connectivity index (χ0) is 18.5. The summed E-state index contributed by atoms with van der Waals surface area (Å²) in [5, 5.41) is 4.43. The fourth-order valence-electron chi connectivity index (χ4n) is 4.51. The minimum atomic E-state index is -2.96. The number of likely N-dealkylation sites (N-methyl/N-ethyl adjacent to an activating group) is 1. The molecule has 2 aliphatic heterocycles. The van der Waals surface area contributed by atoms with Crippen LogP contribution in [-0.4, -0.2) is 71.7 Å². The van der Waals surface area contributed by atoms with Crippen molar-refractivity contribution >= 4 is 9.84 Å². The van der Waals surface area contributed by atoms with Crippen LogP contribution in [0.1, 0.15) is 16.7 Å². The van der Waals surface area contributed by atoms with E-state index in [1.807, 2.05) is 24.0 Å². The molecule has 0 bridgehead atoms. The van der Waals surface area contributed by atoms with Crippen LogP contribution in [0.15, 0.2) is 30.6 Å². The van der Waals surface area contributed by atoms with E-state index in [-0.39, 0.29) is 23.6 Å². The Bertz CT molecular complexity index is 908. The average molecular weight is 375 g/mol. The van der Waals surface area contributed by atoms with Gasteiger partial charge in [-0.3, -0.25) is 9.80 Å². The molecular weight excluding hydrogens is 348 g/mol. The molecule has 140 valence electrons. The lowest BCUT2D eigenvalue weighted by Crippen LogP contribution is -2.57. The van der Waals surface area contributed by atoms with Gasteiger partial charge in [0.05, 0.1) is 17.2 Å². The Morgan fingerprint density at radius 2 is 1.92 bits per heavy atom. The van der Waals surface area contributed by atoms with E-state index in [2.05, 4.69) is 40.9 Å². The van der Waals surface area contributed by atoms with Gasteiger partial charge in [-0.05, 0) is 38.1 Å². The van der Waals surface area contributed by atoms with Gasteiger partial charge in [0.15, 0.2) is 9.84 Å². The van der Waals surface area contributed by atoms with E-state index < -0.39 is 9.84 Å². The van der Waals surface area contributed by atoms with Crippen molar-refractivity contribution < 1.29 is 8.42 Å². The summed E-state index contributed by atoms with van der Waals surface area (Å²) in [6.45, 7) is 6.76. The van der Waals surface area contributed by atoms with E-state index in [1.165, 1.54) is 16.7 Å². The first-order valence-electron chi connectivity index (χ1n) is 9.09. The van der Waals surface area contributed by atoms with Gasteiger partial charge in [-0.2, -0.15) is 5.10 Å². The molecule has 6 nitrogen and oxygen atoms in total. The molecule has 1 aromatic carbocycles. The molecule has 2 atom stereocenters. The van der Waals surface area contributed by atoms with Crippen LogP contribution in [0.4, 0.5) is 0 Å². The lowest BCUT2D eigenvalue weighted by atomic mass is 10.0. The summed E-state index contributed by atoms with van der Waals surface area (Å²) >= 11 is 0. The molecule has 2 fully saturated rings. The lowest BCUT2D eigenvalue weighted by molar-refractivity contribution is 0.0572. The van der Waals surface area contributed by atoms with Gasteiger partial charge in [-0.25, -0.2) is 13.1 Å². The Morgan fingerprint density at radius 3 is 2.65 bits per heavy atom. The van der Waals surface area contributed by atoms with Crippen molar-refractivity contribution in [1.29, 1.82) is 0 Å². The third-order valence-corrected chi connectivity index (χ3v) is 7.40. The van der Waals surface area contributed by atoms with E-state index in [0.717, 1.165) is 25.3 Å². The van der Waals surface area contributed by atoms with Crippen molar-refractivity contribution in [2.45, 2.75) is 32.5 Å². The summed E-state index contributed by atoms with van der Waals surface area (Å²) in [7, 11) is -0.914. The van der Waals surface area contributed by atoms with Gasteiger partial charge in [0.1, 0.15) is 0 Å². The maximum absolute atomic E-state index is 12.2. The number of fused-ring (bicyclic) bond motifs is 1. The Hall–Kier alpha value is -1.70. The maximum atomic E-state index is 12.2. The molecule has 2 saturated heterocycles. The molecular formula is C19H26N4O2S. The fraction of sp³-hybridized carbons (Fsp3) is 0.526. The Balaban J connectivity index is 1.69. The van der Waals surface area contributed by atoms with Gasteiger partial charge in [0, 0.05) is 44.1 Å². The Kier molecular flexibility index (Phi) is 4.41. The smallest absolute Gasteiger partial charge is 0.153 e. The number of hydrogen-bond acceptors (Lipinski definition) is 5. The minimum Gasteiger partial charge on any atom is -0.300 e. The number of rotatable bonds is 3. The second-order valence-electron chi connectivity index (χ2n) is 7.70. The molecule has 0 unspecified atom stereocenters. The summed E-state index contributed by atoms with van der Waals surface area (Å²) in [5.74, 6) is 0.549. The highest BCUT2D eigenvalue weighted by atomic mass is 32.2. The lowest BCUT2D eigenvalue weighted by Gasteiger charge is -2.42. The summed E-state index contributed by atoms with van der Waals surface area (Å²) in [6.07, 6.45) is 3.76. The van der Waals surface area contributed by atoms with E-state index >= 15 is 0 Å². The number of piperazine rings is 1. The van der Waals surface area contributed by atoms with Crippen LogP contribution in [0, 0.1) is 13.8 Å². The minimum absolute atomic E-state index is 0.0741. The molecule has 3 heterocycles. The molecule has 0 radical (unpaired) electrons. The highest BCUT2D eigenvalue weighted by Gasteiger charge is 2.45. The predicted octanol–water partition coefficient (Wildman–Crippen LogP) is 1.40. The number of hydrogen-bond donors (Lipinski definition) is 0. The summed E-state index contributed by atoms with van der Waals surface area (Å²) in [6, 6.07) is 6.49. The van der Waals surface area contributed by atoms with Crippen molar-refractivity contribution in [1.82, 2.24) is 19.6 Å². The van der Waals surface area contributed by atoms with E-state index in [1.54, 1.807) is 6.20 Å². The number of aryl methyl sites for hydroxylation is 2. The molecule has 2 aliphatic rings. The largest absolute Gasteiger partial charge is 0.300 e. The molecule has 7 heteroatoms. The molecule has 0 aliphatic carbocycles. The second kappa shape index (κ2) is 6.48. The van der Waals surface area contributed by atoms with Crippen LogP contribution in [0.25, 0.3) is 5.69 Å². The van der Waals surface area contributed by atoms with E-state index in [0.29, 0.717) is 0 Å². The second-order valence-corrected chi connectivity index (χ2v) is 9.86. The van der Waals surface area contributed by atoms with Gasteiger partial charge >= 0.3 is 0 Å². The first-order chi connectivity index (χ1) is 12.3. The first-order valence-corrected chi connectivity index (χ1v) is 10.9.